The molecule has 1 saturated heterocycles. The zero-order valence-corrected chi connectivity index (χ0v) is 20.7. The van der Waals surface area contributed by atoms with Crippen LogP contribution in [0.15, 0.2) is 72.8 Å². The molecule has 0 radical (unpaired) electrons. The van der Waals surface area contributed by atoms with Crippen molar-refractivity contribution in [2.75, 3.05) is 33.4 Å². The van der Waals surface area contributed by atoms with Crippen LogP contribution in [0.5, 0.6) is 5.75 Å². The van der Waals surface area contributed by atoms with Crippen molar-refractivity contribution < 1.29 is 9.47 Å². The van der Waals surface area contributed by atoms with E-state index < -0.39 is 0 Å². The van der Waals surface area contributed by atoms with Crippen LogP contribution in [0.25, 0.3) is 0 Å². The Hall–Kier alpha value is -2.97. The van der Waals surface area contributed by atoms with Gasteiger partial charge in [0.15, 0.2) is 5.82 Å². The van der Waals surface area contributed by atoms with E-state index in [4.69, 9.17) is 32.7 Å². The first kappa shape index (κ1) is 23.8. The van der Waals surface area contributed by atoms with E-state index in [2.05, 4.69) is 44.7 Å². The number of nitrogens with zero attached hydrogens (tertiary/aromatic N) is 5. The molecule has 0 spiro atoms. The molecule has 0 amide bonds. The number of methoxy groups -OCH3 is 1. The molecule has 9 heteroatoms. The highest BCUT2D eigenvalue weighted by molar-refractivity contribution is 6.35. The van der Waals surface area contributed by atoms with Gasteiger partial charge in [-0.1, -0.05) is 83.9 Å². The molecule has 2 heterocycles. The molecule has 1 aliphatic heterocycles. The molecule has 3 aromatic carbocycles. The summed E-state index contributed by atoms with van der Waals surface area (Å²) in [6, 6.07) is 23.4. The average molecular weight is 510 g/mol. The largest absolute Gasteiger partial charge is 0.495 e. The fourth-order valence-electron chi connectivity index (χ4n) is 4.64. The second-order valence-electron chi connectivity index (χ2n) is 8.27. The van der Waals surface area contributed by atoms with Crippen LogP contribution in [0.4, 0.5) is 0 Å². The summed E-state index contributed by atoms with van der Waals surface area (Å²) in [6.07, 6.45) is 0. The predicted octanol–water partition coefficient (Wildman–Crippen LogP) is 5.05. The summed E-state index contributed by atoms with van der Waals surface area (Å²) in [7, 11) is 1.61. The van der Waals surface area contributed by atoms with Gasteiger partial charge in [-0.25, -0.2) is 4.68 Å². The van der Waals surface area contributed by atoms with Crippen molar-refractivity contribution in [3.63, 3.8) is 0 Å². The van der Waals surface area contributed by atoms with E-state index in [0.29, 0.717) is 47.9 Å². The Morgan fingerprint density at radius 1 is 0.886 bits per heavy atom. The Kier molecular flexibility index (Phi) is 7.29. The van der Waals surface area contributed by atoms with Crippen LogP contribution < -0.4 is 4.74 Å². The lowest BCUT2D eigenvalue weighted by Crippen LogP contribution is -2.41. The van der Waals surface area contributed by atoms with Crippen molar-refractivity contribution >= 4 is 23.2 Å². The summed E-state index contributed by atoms with van der Waals surface area (Å²) >= 11 is 13.0. The third-order valence-electron chi connectivity index (χ3n) is 6.18. The van der Waals surface area contributed by atoms with Crippen LogP contribution >= 0.6 is 23.2 Å². The van der Waals surface area contributed by atoms with Crippen LogP contribution in [0.2, 0.25) is 10.0 Å². The van der Waals surface area contributed by atoms with E-state index >= 15 is 0 Å². The van der Waals surface area contributed by atoms with E-state index in [1.54, 1.807) is 13.2 Å². The molecule has 1 atom stereocenters. The molecule has 1 fully saturated rings. The van der Waals surface area contributed by atoms with Gasteiger partial charge in [-0.2, -0.15) is 0 Å². The first-order chi connectivity index (χ1) is 17.2. The van der Waals surface area contributed by atoms with E-state index in [1.807, 2.05) is 47.1 Å². The second kappa shape index (κ2) is 10.7. The first-order valence-electron chi connectivity index (χ1n) is 11.4. The van der Waals surface area contributed by atoms with Crippen LogP contribution in [-0.4, -0.2) is 58.5 Å². The normalized spacial score (nSPS) is 15.3. The van der Waals surface area contributed by atoms with Crippen LogP contribution in [0, 0.1) is 0 Å². The van der Waals surface area contributed by atoms with Crippen molar-refractivity contribution in [2.45, 2.75) is 12.1 Å². The number of tetrazole rings is 1. The highest BCUT2D eigenvalue weighted by Crippen LogP contribution is 2.41. The summed E-state index contributed by atoms with van der Waals surface area (Å²) in [6.45, 7) is 2.61. The minimum Gasteiger partial charge on any atom is -0.495 e. The number of rotatable bonds is 7. The van der Waals surface area contributed by atoms with E-state index in [0.717, 1.165) is 16.7 Å². The molecule has 7 nitrogen and oxygen atoms in total. The van der Waals surface area contributed by atoms with Crippen LogP contribution in [-0.2, 0) is 4.74 Å². The minimum absolute atomic E-state index is 0.230. The van der Waals surface area contributed by atoms with Gasteiger partial charge >= 0.3 is 0 Å². The molecule has 4 aromatic rings. The van der Waals surface area contributed by atoms with Gasteiger partial charge in [0.1, 0.15) is 17.8 Å². The van der Waals surface area contributed by atoms with Gasteiger partial charge in [0.25, 0.3) is 0 Å². The van der Waals surface area contributed by atoms with Gasteiger partial charge in [-0.05, 0) is 33.7 Å². The minimum atomic E-state index is -0.352. The smallest absolute Gasteiger partial charge is 0.174 e. The molecule has 180 valence electrons. The number of hydrogen-bond acceptors (Lipinski definition) is 6. The van der Waals surface area contributed by atoms with Crippen molar-refractivity contribution in [3.05, 3.63) is 105 Å². The van der Waals surface area contributed by atoms with Gasteiger partial charge in [-0.15, -0.1) is 5.10 Å². The number of morpholine rings is 1. The molecular formula is C26H25Cl2N5O2. The third kappa shape index (κ3) is 4.90. The SMILES string of the molecule is COc1c(Cl)cc(Cl)cc1C(c1nnnn1C(c1ccccc1)c1ccccc1)N1CCOCC1. The van der Waals surface area contributed by atoms with E-state index in [9.17, 15) is 0 Å². The molecule has 5 rings (SSSR count). The zero-order chi connectivity index (χ0) is 24.2. The monoisotopic (exact) mass is 509 g/mol. The molecule has 0 aliphatic carbocycles. The van der Waals surface area contributed by atoms with Crippen LogP contribution in [0.3, 0.4) is 0 Å². The fourth-order valence-corrected chi connectivity index (χ4v) is 5.23. The van der Waals surface area contributed by atoms with Crippen LogP contribution in [0.1, 0.15) is 34.6 Å². The quantitative estimate of drug-likeness (QED) is 0.347. The van der Waals surface area contributed by atoms with Gasteiger partial charge in [-0.3, -0.25) is 4.90 Å². The van der Waals surface area contributed by atoms with Gasteiger partial charge in [0.05, 0.1) is 25.3 Å². The second-order valence-corrected chi connectivity index (χ2v) is 9.11. The van der Waals surface area contributed by atoms with Gasteiger partial charge in [0, 0.05) is 23.7 Å². The molecule has 0 N–H and O–H groups in total. The maximum absolute atomic E-state index is 6.56. The summed E-state index contributed by atoms with van der Waals surface area (Å²) in [5.41, 5.74) is 2.95. The zero-order valence-electron chi connectivity index (χ0n) is 19.2. The maximum Gasteiger partial charge on any atom is 0.174 e. The first-order valence-corrected chi connectivity index (χ1v) is 12.2. The summed E-state index contributed by atoms with van der Waals surface area (Å²) in [5.74, 6) is 1.22. The highest BCUT2D eigenvalue weighted by Gasteiger charge is 2.35. The molecule has 0 bridgehead atoms. The number of hydrogen-bond donors (Lipinski definition) is 0. The highest BCUT2D eigenvalue weighted by atomic mass is 35.5. The molecule has 35 heavy (non-hydrogen) atoms. The Labute approximate surface area is 214 Å². The van der Waals surface area contributed by atoms with Crippen molar-refractivity contribution in [3.8, 4) is 5.75 Å². The van der Waals surface area contributed by atoms with E-state index in [1.165, 1.54) is 0 Å². The Balaban J connectivity index is 1.71. The fraction of sp³-hybridized carbons (Fsp3) is 0.269. The lowest BCUT2D eigenvalue weighted by atomic mass is 9.97. The number of ether oxygens (including phenoxy) is 2. The Morgan fingerprint density at radius 3 is 2.11 bits per heavy atom. The predicted molar refractivity (Wildman–Crippen MR) is 135 cm³/mol. The lowest BCUT2D eigenvalue weighted by Gasteiger charge is -2.35. The molecule has 1 unspecified atom stereocenters. The standard InChI is InChI=1S/C26H25Cl2N5O2/c1-34-25-21(16-20(27)17-22(25)28)24(32-12-14-35-15-13-32)26-29-30-31-33(26)23(18-8-4-2-5-9-18)19-10-6-3-7-11-19/h2-11,16-17,23-24H,12-15H2,1H3. The molecule has 1 aromatic heterocycles. The number of aromatic nitrogens is 4. The number of benzene rings is 3. The molecule has 1 aliphatic rings. The lowest BCUT2D eigenvalue weighted by molar-refractivity contribution is 0.0211. The van der Waals surface area contributed by atoms with Crippen molar-refractivity contribution in [1.29, 1.82) is 0 Å². The number of halogens is 2. The topological polar surface area (TPSA) is 65.3 Å². The van der Waals surface area contributed by atoms with E-state index in [-0.39, 0.29) is 12.1 Å². The third-order valence-corrected chi connectivity index (χ3v) is 6.68. The average Bonchev–Trinajstić information content (AvgIpc) is 3.35. The molecule has 0 saturated carbocycles. The van der Waals surface area contributed by atoms with Crippen molar-refractivity contribution in [2.24, 2.45) is 0 Å². The summed E-state index contributed by atoms with van der Waals surface area (Å²) < 4.78 is 13.3. The summed E-state index contributed by atoms with van der Waals surface area (Å²) in [5, 5.41) is 14.1. The molecular weight excluding hydrogens is 485 g/mol. The van der Waals surface area contributed by atoms with Gasteiger partial charge in [0.2, 0.25) is 0 Å². The Morgan fingerprint density at radius 2 is 1.51 bits per heavy atom. The van der Waals surface area contributed by atoms with Gasteiger partial charge < -0.3 is 9.47 Å². The maximum atomic E-state index is 6.56. The van der Waals surface area contributed by atoms with Crippen molar-refractivity contribution in [1.82, 2.24) is 25.1 Å². The summed E-state index contributed by atoms with van der Waals surface area (Å²) in [4.78, 5) is 2.28. The Bertz CT molecular complexity index is 1220.